The Balaban J connectivity index is 0.000000490. The topological polar surface area (TPSA) is 26.3 Å². The number of carbonyl (C=O) groups excluding carboxylic acids is 1. The second-order valence-electron chi connectivity index (χ2n) is 1.86. The van der Waals surface area contributed by atoms with E-state index in [-0.39, 0.29) is 34.3 Å². The zero-order valence-corrected chi connectivity index (χ0v) is 6.09. The molecule has 0 bridgehead atoms. The molecule has 2 nitrogen and oxygen atoms in total. The number of ether oxygens (including phenoxy) is 1. The molecular formula is C5H8AgO2. The van der Waals surface area contributed by atoms with Gasteiger partial charge in [-0.25, -0.2) is 0 Å². The smallest absolute Gasteiger partial charge is 0.308 e. The number of hydrogen-bond donors (Lipinski definition) is 0. The molecule has 1 unspecified atom stereocenters. The molecule has 0 aromatic heterocycles. The van der Waals surface area contributed by atoms with Crippen molar-refractivity contribution in [1.29, 1.82) is 0 Å². The van der Waals surface area contributed by atoms with Gasteiger partial charge in [-0.15, -0.1) is 0 Å². The van der Waals surface area contributed by atoms with E-state index in [0.29, 0.717) is 6.61 Å². The zero-order chi connectivity index (χ0) is 5.28. The van der Waals surface area contributed by atoms with E-state index in [1.54, 1.807) is 0 Å². The molecule has 1 saturated heterocycles. The van der Waals surface area contributed by atoms with E-state index in [9.17, 15) is 4.79 Å². The average molecular weight is 208 g/mol. The van der Waals surface area contributed by atoms with E-state index in [1.165, 1.54) is 0 Å². The van der Waals surface area contributed by atoms with Crippen LogP contribution in [0.1, 0.15) is 13.3 Å². The third-order valence-electron chi connectivity index (χ3n) is 1.20. The van der Waals surface area contributed by atoms with Crippen molar-refractivity contribution in [3.8, 4) is 0 Å². The molecule has 0 aromatic rings. The summed E-state index contributed by atoms with van der Waals surface area (Å²) in [7, 11) is 0. The quantitative estimate of drug-likeness (QED) is 0.429. The SMILES string of the molecule is CC1CCOC1=O.[Ag]. The Bertz CT molecular complexity index is 92.4. The van der Waals surface area contributed by atoms with Gasteiger partial charge < -0.3 is 4.74 Å². The van der Waals surface area contributed by atoms with Crippen LogP contribution in [-0.4, -0.2) is 12.6 Å². The predicted octanol–water partition coefficient (Wildman–Crippen LogP) is 0.567. The van der Waals surface area contributed by atoms with E-state index in [1.807, 2.05) is 6.92 Å². The van der Waals surface area contributed by atoms with Crippen molar-refractivity contribution in [2.24, 2.45) is 5.92 Å². The Hall–Kier alpha value is 0.210. The Morgan fingerprint density at radius 2 is 2.38 bits per heavy atom. The standard InChI is InChI=1S/C5H8O2.Ag/c1-4-2-3-7-5(4)6;/h4H,2-3H2,1H3;. The molecule has 0 N–H and O–H groups in total. The first-order valence-electron chi connectivity index (χ1n) is 2.47. The molecule has 1 rings (SSSR count). The largest absolute Gasteiger partial charge is 0.465 e. The first-order valence-corrected chi connectivity index (χ1v) is 2.47. The van der Waals surface area contributed by atoms with Crippen LogP contribution in [0.4, 0.5) is 0 Å². The summed E-state index contributed by atoms with van der Waals surface area (Å²) in [6.07, 6.45) is 0.902. The van der Waals surface area contributed by atoms with Crippen molar-refractivity contribution >= 4 is 5.97 Å². The first-order chi connectivity index (χ1) is 3.30. The minimum Gasteiger partial charge on any atom is -0.465 e. The summed E-state index contributed by atoms with van der Waals surface area (Å²) in [5.41, 5.74) is 0. The molecule has 0 amide bonds. The predicted molar refractivity (Wildman–Crippen MR) is 24.7 cm³/mol. The van der Waals surface area contributed by atoms with Gasteiger partial charge in [0.2, 0.25) is 0 Å². The van der Waals surface area contributed by atoms with Gasteiger partial charge in [-0.3, -0.25) is 4.79 Å². The Morgan fingerprint density at radius 1 is 1.75 bits per heavy atom. The molecule has 1 atom stereocenters. The summed E-state index contributed by atoms with van der Waals surface area (Å²) in [6.45, 7) is 2.51. The molecule has 0 spiro atoms. The third kappa shape index (κ3) is 1.62. The third-order valence-corrected chi connectivity index (χ3v) is 1.20. The number of hydrogen-bond acceptors (Lipinski definition) is 2. The number of esters is 1. The van der Waals surface area contributed by atoms with Gasteiger partial charge in [-0.1, -0.05) is 6.92 Å². The monoisotopic (exact) mass is 207 g/mol. The summed E-state index contributed by atoms with van der Waals surface area (Å²) in [5, 5.41) is 0. The summed E-state index contributed by atoms with van der Waals surface area (Å²) in [6, 6.07) is 0. The van der Waals surface area contributed by atoms with Crippen LogP contribution in [0.3, 0.4) is 0 Å². The maximum absolute atomic E-state index is 10.4. The van der Waals surface area contributed by atoms with Crippen LogP contribution in [0.5, 0.6) is 0 Å². The molecule has 0 aromatic carbocycles. The summed E-state index contributed by atoms with van der Waals surface area (Å²) < 4.78 is 4.63. The molecule has 1 aliphatic heterocycles. The Labute approximate surface area is 64.1 Å². The van der Waals surface area contributed by atoms with E-state index in [4.69, 9.17) is 0 Å². The van der Waals surface area contributed by atoms with Crippen LogP contribution in [0.2, 0.25) is 0 Å². The van der Waals surface area contributed by atoms with Gasteiger partial charge in [0.15, 0.2) is 0 Å². The molecule has 3 heteroatoms. The van der Waals surface area contributed by atoms with Crippen molar-refractivity contribution in [2.45, 2.75) is 13.3 Å². The molecule has 1 heterocycles. The van der Waals surface area contributed by atoms with E-state index < -0.39 is 0 Å². The van der Waals surface area contributed by atoms with Gasteiger partial charge in [0.05, 0.1) is 12.5 Å². The molecule has 51 valence electrons. The summed E-state index contributed by atoms with van der Waals surface area (Å²) in [5.74, 6) is 0.111. The number of rotatable bonds is 0. The Kier molecular flexibility index (Phi) is 3.36. The summed E-state index contributed by atoms with van der Waals surface area (Å²) in [4.78, 5) is 10.4. The van der Waals surface area contributed by atoms with Crippen LogP contribution >= 0.6 is 0 Å². The van der Waals surface area contributed by atoms with Gasteiger partial charge >= 0.3 is 5.97 Å². The number of cyclic esters (lactones) is 1. The minimum atomic E-state index is -0.0417. The fourth-order valence-corrected chi connectivity index (χ4v) is 0.596. The zero-order valence-electron chi connectivity index (χ0n) is 4.61. The van der Waals surface area contributed by atoms with Gasteiger partial charge in [0.25, 0.3) is 0 Å². The Morgan fingerprint density at radius 3 is 2.50 bits per heavy atom. The van der Waals surface area contributed by atoms with Crippen LogP contribution in [0.15, 0.2) is 0 Å². The fourth-order valence-electron chi connectivity index (χ4n) is 0.596. The van der Waals surface area contributed by atoms with E-state index in [2.05, 4.69) is 4.74 Å². The fraction of sp³-hybridized carbons (Fsp3) is 0.800. The molecule has 8 heavy (non-hydrogen) atoms. The molecule has 1 radical (unpaired) electrons. The second-order valence-corrected chi connectivity index (χ2v) is 1.86. The molecular weight excluding hydrogens is 200 g/mol. The molecule has 0 saturated carbocycles. The minimum absolute atomic E-state index is 0. The molecule has 1 aliphatic rings. The second kappa shape index (κ2) is 3.28. The van der Waals surface area contributed by atoms with Gasteiger partial charge in [0, 0.05) is 22.4 Å². The van der Waals surface area contributed by atoms with Crippen molar-refractivity contribution in [1.82, 2.24) is 0 Å². The van der Waals surface area contributed by atoms with Crippen molar-refractivity contribution in [3.05, 3.63) is 0 Å². The summed E-state index contributed by atoms with van der Waals surface area (Å²) >= 11 is 0. The van der Waals surface area contributed by atoms with Crippen LogP contribution < -0.4 is 0 Å². The molecule has 0 aliphatic carbocycles. The molecule has 1 fully saturated rings. The maximum Gasteiger partial charge on any atom is 0.308 e. The number of carbonyl (C=O) groups is 1. The average Bonchev–Trinajstić information content (AvgIpc) is 1.91. The van der Waals surface area contributed by atoms with Gasteiger partial charge in [0.1, 0.15) is 0 Å². The van der Waals surface area contributed by atoms with Gasteiger partial charge in [-0.2, -0.15) is 0 Å². The first kappa shape index (κ1) is 8.21. The van der Waals surface area contributed by atoms with Crippen molar-refractivity contribution < 1.29 is 31.9 Å². The van der Waals surface area contributed by atoms with Crippen molar-refractivity contribution in [2.75, 3.05) is 6.61 Å². The van der Waals surface area contributed by atoms with Gasteiger partial charge in [-0.05, 0) is 6.42 Å². The van der Waals surface area contributed by atoms with Crippen molar-refractivity contribution in [3.63, 3.8) is 0 Å². The van der Waals surface area contributed by atoms with E-state index in [0.717, 1.165) is 6.42 Å². The van der Waals surface area contributed by atoms with Crippen LogP contribution in [-0.2, 0) is 31.9 Å². The maximum atomic E-state index is 10.4. The van der Waals surface area contributed by atoms with Crippen LogP contribution in [0, 0.1) is 5.92 Å². The normalized spacial score (nSPS) is 26.6. The van der Waals surface area contributed by atoms with Crippen LogP contribution in [0.25, 0.3) is 0 Å². The van der Waals surface area contributed by atoms with E-state index >= 15 is 0 Å².